The molecule has 3 rings (SSSR count). The first kappa shape index (κ1) is 17.4. The molecule has 0 aliphatic carbocycles. The molecule has 0 amide bonds. The van der Waals surface area contributed by atoms with E-state index in [0.29, 0.717) is 27.3 Å². The van der Waals surface area contributed by atoms with E-state index >= 15 is 0 Å². The zero-order valence-corrected chi connectivity index (χ0v) is 14.9. The SMILES string of the molecule is Cc1cc(OCC(=O)c2ccc(Cl)cc2)nc(-c2ccc(Cl)cc2)n1. The van der Waals surface area contributed by atoms with E-state index < -0.39 is 0 Å². The van der Waals surface area contributed by atoms with Crippen molar-refractivity contribution in [3.05, 3.63) is 75.9 Å². The van der Waals surface area contributed by atoms with Gasteiger partial charge in [-0.1, -0.05) is 23.2 Å². The lowest BCUT2D eigenvalue weighted by molar-refractivity contribution is 0.0918. The van der Waals surface area contributed by atoms with Crippen LogP contribution in [0.5, 0.6) is 5.88 Å². The lowest BCUT2D eigenvalue weighted by Crippen LogP contribution is -2.12. The smallest absolute Gasteiger partial charge is 0.217 e. The van der Waals surface area contributed by atoms with Gasteiger partial charge in [-0.05, 0) is 55.5 Å². The summed E-state index contributed by atoms with van der Waals surface area (Å²) in [4.78, 5) is 20.9. The molecule has 0 bridgehead atoms. The van der Waals surface area contributed by atoms with Gasteiger partial charge >= 0.3 is 0 Å². The Hall–Kier alpha value is -2.43. The van der Waals surface area contributed by atoms with Gasteiger partial charge in [0.2, 0.25) is 5.88 Å². The highest BCUT2D eigenvalue weighted by atomic mass is 35.5. The van der Waals surface area contributed by atoms with Crippen LogP contribution in [0, 0.1) is 6.92 Å². The molecule has 0 radical (unpaired) electrons. The van der Waals surface area contributed by atoms with E-state index in [2.05, 4.69) is 9.97 Å². The summed E-state index contributed by atoms with van der Waals surface area (Å²) in [6, 6.07) is 15.6. The Bertz CT molecular complexity index is 894. The van der Waals surface area contributed by atoms with Gasteiger partial charge in [0.1, 0.15) is 0 Å². The van der Waals surface area contributed by atoms with E-state index in [0.717, 1.165) is 11.3 Å². The van der Waals surface area contributed by atoms with Gasteiger partial charge in [-0.25, -0.2) is 4.98 Å². The lowest BCUT2D eigenvalue weighted by atomic mass is 10.1. The van der Waals surface area contributed by atoms with Crippen molar-refractivity contribution in [2.45, 2.75) is 6.92 Å². The van der Waals surface area contributed by atoms with Crippen LogP contribution in [-0.2, 0) is 0 Å². The minimum absolute atomic E-state index is 0.113. The molecule has 3 aromatic rings. The summed E-state index contributed by atoms with van der Waals surface area (Å²) in [5.41, 5.74) is 2.10. The number of aromatic nitrogens is 2. The zero-order valence-electron chi connectivity index (χ0n) is 13.4. The van der Waals surface area contributed by atoms with Gasteiger partial charge in [-0.3, -0.25) is 4.79 Å². The number of carbonyl (C=O) groups is 1. The molecule has 2 aromatic carbocycles. The van der Waals surface area contributed by atoms with Gasteiger partial charge in [-0.2, -0.15) is 4.98 Å². The highest BCUT2D eigenvalue weighted by molar-refractivity contribution is 6.30. The summed E-state index contributed by atoms with van der Waals surface area (Å²) in [7, 11) is 0. The Labute approximate surface area is 155 Å². The summed E-state index contributed by atoms with van der Waals surface area (Å²) >= 11 is 11.7. The molecule has 6 heteroatoms. The average Bonchev–Trinajstić information content (AvgIpc) is 2.60. The van der Waals surface area contributed by atoms with Crippen molar-refractivity contribution in [3.63, 3.8) is 0 Å². The quantitative estimate of drug-likeness (QED) is 0.590. The molecular formula is C19H14Cl2N2O2. The van der Waals surface area contributed by atoms with Crippen molar-refractivity contribution >= 4 is 29.0 Å². The topological polar surface area (TPSA) is 52.1 Å². The van der Waals surface area contributed by atoms with E-state index in [9.17, 15) is 4.79 Å². The van der Waals surface area contributed by atoms with Crippen molar-refractivity contribution in [1.29, 1.82) is 0 Å². The minimum Gasteiger partial charge on any atom is -0.469 e. The molecule has 126 valence electrons. The Morgan fingerprint density at radius 2 is 1.56 bits per heavy atom. The summed E-state index contributed by atoms with van der Waals surface area (Å²) in [5.74, 6) is 0.714. The Kier molecular flexibility index (Phi) is 5.31. The average molecular weight is 373 g/mol. The van der Waals surface area contributed by atoms with Gasteiger partial charge < -0.3 is 4.74 Å². The van der Waals surface area contributed by atoms with Crippen molar-refractivity contribution < 1.29 is 9.53 Å². The summed E-state index contributed by atoms with van der Waals surface area (Å²) in [6.07, 6.45) is 0. The fraction of sp³-hybridized carbons (Fsp3) is 0.105. The first-order valence-corrected chi connectivity index (χ1v) is 8.30. The maximum atomic E-state index is 12.2. The molecule has 0 aliphatic rings. The van der Waals surface area contributed by atoms with Gasteiger partial charge in [0, 0.05) is 32.9 Å². The lowest BCUT2D eigenvalue weighted by Gasteiger charge is -2.08. The Morgan fingerprint density at radius 1 is 0.960 bits per heavy atom. The van der Waals surface area contributed by atoms with Gasteiger partial charge in [0.25, 0.3) is 0 Å². The molecule has 25 heavy (non-hydrogen) atoms. The second-order valence-electron chi connectivity index (χ2n) is 5.40. The number of halogens is 2. The molecular weight excluding hydrogens is 359 g/mol. The maximum Gasteiger partial charge on any atom is 0.217 e. The molecule has 4 nitrogen and oxygen atoms in total. The van der Waals surface area contributed by atoms with Crippen molar-refractivity contribution in [2.24, 2.45) is 0 Å². The maximum absolute atomic E-state index is 12.2. The van der Waals surface area contributed by atoms with Gasteiger partial charge in [-0.15, -0.1) is 0 Å². The van der Waals surface area contributed by atoms with Crippen LogP contribution in [0.2, 0.25) is 10.0 Å². The Morgan fingerprint density at radius 3 is 2.20 bits per heavy atom. The van der Waals surface area contributed by atoms with Gasteiger partial charge in [0.15, 0.2) is 18.2 Å². The molecule has 0 unspecified atom stereocenters. The highest BCUT2D eigenvalue weighted by Crippen LogP contribution is 2.21. The van der Waals surface area contributed by atoms with Crippen LogP contribution < -0.4 is 4.74 Å². The van der Waals surface area contributed by atoms with E-state index in [1.165, 1.54) is 0 Å². The fourth-order valence-corrected chi connectivity index (χ4v) is 2.45. The molecule has 1 aromatic heterocycles. The first-order valence-electron chi connectivity index (χ1n) is 7.54. The third-order valence-electron chi connectivity index (χ3n) is 3.45. The molecule has 0 fully saturated rings. The second-order valence-corrected chi connectivity index (χ2v) is 6.27. The van der Waals surface area contributed by atoms with Crippen molar-refractivity contribution in [1.82, 2.24) is 9.97 Å². The fourth-order valence-electron chi connectivity index (χ4n) is 2.20. The van der Waals surface area contributed by atoms with E-state index in [4.69, 9.17) is 27.9 Å². The molecule has 0 N–H and O–H groups in total. The second kappa shape index (κ2) is 7.64. The van der Waals surface area contributed by atoms with E-state index in [-0.39, 0.29) is 12.4 Å². The third kappa shape index (κ3) is 4.56. The van der Waals surface area contributed by atoms with E-state index in [1.54, 1.807) is 42.5 Å². The van der Waals surface area contributed by atoms with Crippen molar-refractivity contribution in [2.75, 3.05) is 6.61 Å². The third-order valence-corrected chi connectivity index (χ3v) is 3.95. The molecule has 0 atom stereocenters. The first-order chi connectivity index (χ1) is 12.0. The predicted octanol–water partition coefficient (Wildman–Crippen LogP) is 5.02. The number of rotatable bonds is 5. The molecule has 0 aliphatic heterocycles. The molecule has 0 saturated heterocycles. The highest BCUT2D eigenvalue weighted by Gasteiger charge is 2.10. The van der Waals surface area contributed by atoms with Gasteiger partial charge in [0.05, 0.1) is 0 Å². The number of ether oxygens (including phenoxy) is 1. The van der Waals surface area contributed by atoms with Crippen LogP contribution in [0.25, 0.3) is 11.4 Å². The van der Waals surface area contributed by atoms with E-state index in [1.807, 2.05) is 19.1 Å². The zero-order chi connectivity index (χ0) is 17.8. The van der Waals surface area contributed by atoms with Crippen LogP contribution in [0.4, 0.5) is 0 Å². The monoisotopic (exact) mass is 372 g/mol. The largest absolute Gasteiger partial charge is 0.469 e. The number of nitrogens with zero attached hydrogens (tertiary/aromatic N) is 2. The van der Waals surface area contributed by atoms with Crippen LogP contribution in [-0.4, -0.2) is 22.4 Å². The predicted molar refractivity (Wildman–Crippen MR) is 98.5 cm³/mol. The number of Topliss-reactive ketones (excluding diaryl/α,β-unsaturated/α-hetero) is 1. The Balaban J connectivity index is 1.75. The molecule has 0 spiro atoms. The van der Waals surface area contributed by atoms with Crippen LogP contribution >= 0.6 is 23.2 Å². The summed E-state index contributed by atoms with van der Waals surface area (Å²) in [6.45, 7) is 1.73. The van der Waals surface area contributed by atoms with Crippen molar-refractivity contribution in [3.8, 4) is 17.3 Å². The number of benzene rings is 2. The number of aryl methyl sites for hydroxylation is 1. The molecule has 0 saturated carbocycles. The summed E-state index contributed by atoms with van der Waals surface area (Å²) < 4.78 is 5.56. The number of hydrogen-bond acceptors (Lipinski definition) is 4. The van der Waals surface area contributed by atoms with Crippen LogP contribution in [0.3, 0.4) is 0 Å². The number of ketones is 1. The standard InChI is InChI=1S/C19H14Cl2N2O2/c1-12-10-18(23-19(22-12)14-4-8-16(21)9-5-14)25-11-17(24)13-2-6-15(20)7-3-13/h2-10H,11H2,1H3. The number of hydrogen-bond donors (Lipinski definition) is 0. The summed E-state index contributed by atoms with van der Waals surface area (Å²) in [5, 5.41) is 1.22. The minimum atomic E-state index is -0.152. The van der Waals surface area contributed by atoms with Crippen LogP contribution in [0.1, 0.15) is 16.1 Å². The van der Waals surface area contributed by atoms with Crippen LogP contribution in [0.15, 0.2) is 54.6 Å². The molecule has 1 heterocycles. The number of carbonyl (C=O) groups excluding carboxylic acids is 1. The normalized spacial score (nSPS) is 10.5.